The molecule has 2 heterocycles. The van der Waals surface area contributed by atoms with E-state index in [9.17, 15) is 5.11 Å². The van der Waals surface area contributed by atoms with Gasteiger partial charge in [-0.3, -0.25) is 4.90 Å². The highest BCUT2D eigenvalue weighted by atomic mass is 16.6. The highest BCUT2D eigenvalue weighted by molar-refractivity contribution is 5.05. The quantitative estimate of drug-likeness (QED) is 0.882. The highest BCUT2D eigenvalue weighted by Gasteiger charge is 2.38. The van der Waals surface area contributed by atoms with Crippen LogP contribution >= 0.6 is 0 Å². The van der Waals surface area contributed by atoms with Gasteiger partial charge in [0.15, 0.2) is 0 Å². The summed E-state index contributed by atoms with van der Waals surface area (Å²) in [6.07, 6.45) is 5.62. The first-order chi connectivity index (χ1) is 8.75. The van der Waals surface area contributed by atoms with Crippen LogP contribution in [0.5, 0.6) is 0 Å². The molecule has 0 aromatic carbocycles. The first kappa shape index (κ1) is 12.1. The first-order valence-corrected chi connectivity index (χ1v) is 6.96. The van der Waals surface area contributed by atoms with Gasteiger partial charge in [0, 0.05) is 18.5 Å². The van der Waals surface area contributed by atoms with Gasteiger partial charge in [-0.2, -0.15) is 0 Å². The van der Waals surface area contributed by atoms with Crippen molar-refractivity contribution < 1.29 is 9.74 Å². The fourth-order valence-electron chi connectivity index (χ4n) is 3.54. The molecule has 2 fully saturated rings. The molecule has 0 amide bonds. The van der Waals surface area contributed by atoms with Gasteiger partial charge in [-0.1, -0.05) is 16.7 Å². The molecular weight excluding hydrogens is 230 g/mol. The van der Waals surface area contributed by atoms with Gasteiger partial charge in [0.25, 0.3) is 0 Å². The molecule has 1 aromatic heterocycles. The van der Waals surface area contributed by atoms with Crippen molar-refractivity contribution in [2.24, 2.45) is 5.92 Å². The standard InChI is InChI=1S/C13H21N3O2/c1-9-11(15-18-14-9)8-16-7-3-5-12(16)10-4-2-6-13(10)17/h10,12-13,17H,2-8H2,1H3. The van der Waals surface area contributed by atoms with Crippen molar-refractivity contribution in [3.05, 3.63) is 11.4 Å². The normalized spacial score (nSPS) is 33.3. The smallest absolute Gasteiger partial charge is 0.122 e. The molecule has 0 spiro atoms. The fourth-order valence-corrected chi connectivity index (χ4v) is 3.54. The number of rotatable bonds is 3. The van der Waals surface area contributed by atoms with Crippen molar-refractivity contribution in [2.75, 3.05) is 6.54 Å². The van der Waals surface area contributed by atoms with Crippen LogP contribution in [0.25, 0.3) is 0 Å². The van der Waals surface area contributed by atoms with E-state index in [1.54, 1.807) is 0 Å². The average molecular weight is 251 g/mol. The van der Waals surface area contributed by atoms with Crippen molar-refractivity contribution >= 4 is 0 Å². The zero-order valence-corrected chi connectivity index (χ0v) is 10.9. The summed E-state index contributed by atoms with van der Waals surface area (Å²) in [5.74, 6) is 0.452. The molecule has 100 valence electrons. The maximum Gasteiger partial charge on any atom is 0.122 e. The third kappa shape index (κ3) is 2.17. The number of hydrogen-bond acceptors (Lipinski definition) is 5. The minimum absolute atomic E-state index is 0.105. The largest absolute Gasteiger partial charge is 0.393 e. The van der Waals surface area contributed by atoms with E-state index in [-0.39, 0.29) is 6.10 Å². The Kier molecular flexibility index (Phi) is 3.35. The number of likely N-dealkylation sites (tertiary alicyclic amines) is 1. The lowest BCUT2D eigenvalue weighted by Gasteiger charge is -2.30. The molecule has 1 saturated heterocycles. The molecule has 18 heavy (non-hydrogen) atoms. The van der Waals surface area contributed by atoms with E-state index in [1.807, 2.05) is 6.92 Å². The lowest BCUT2D eigenvalue weighted by molar-refractivity contribution is 0.0709. The van der Waals surface area contributed by atoms with Crippen LogP contribution in [-0.4, -0.2) is 39.0 Å². The topological polar surface area (TPSA) is 62.4 Å². The van der Waals surface area contributed by atoms with Crippen molar-refractivity contribution in [3.63, 3.8) is 0 Å². The summed E-state index contributed by atoms with van der Waals surface area (Å²) in [4.78, 5) is 2.45. The molecule has 2 aliphatic rings. The number of nitrogens with zero attached hydrogens (tertiary/aromatic N) is 3. The van der Waals surface area contributed by atoms with Gasteiger partial charge in [0.05, 0.1) is 6.10 Å². The van der Waals surface area contributed by atoms with Crippen LogP contribution in [0.15, 0.2) is 4.63 Å². The van der Waals surface area contributed by atoms with Crippen LogP contribution in [0.3, 0.4) is 0 Å². The second-order valence-electron chi connectivity index (χ2n) is 5.64. The van der Waals surface area contributed by atoms with Crippen molar-refractivity contribution in [3.8, 4) is 0 Å². The Labute approximate surface area is 107 Å². The summed E-state index contributed by atoms with van der Waals surface area (Å²) in [7, 11) is 0. The maximum atomic E-state index is 10.1. The lowest BCUT2D eigenvalue weighted by atomic mass is 9.94. The summed E-state index contributed by atoms with van der Waals surface area (Å²) in [6, 6.07) is 0.513. The maximum absolute atomic E-state index is 10.1. The summed E-state index contributed by atoms with van der Waals surface area (Å²) in [5.41, 5.74) is 1.82. The zero-order valence-electron chi connectivity index (χ0n) is 10.9. The van der Waals surface area contributed by atoms with E-state index >= 15 is 0 Å². The minimum Gasteiger partial charge on any atom is -0.393 e. The fraction of sp³-hybridized carbons (Fsp3) is 0.846. The molecule has 0 bridgehead atoms. The second-order valence-corrected chi connectivity index (χ2v) is 5.64. The third-order valence-electron chi connectivity index (χ3n) is 4.54. The molecule has 3 unspecified atom stereocenters. The van der Waals surface area contributed by atoms with Gasteiger partial charge >= 0.3 is 0 Å². The summed E-state index contributed by atoms with van der Waals surface area (Å²) in [5, 5.41) is 17.9. The van der Waals surface area contributed by atoms with E-state index in [2.05, 4.69) is 15.2 Å². The van der Waals surface area contributed by atoms with Gasteiger partial charge in [0.1, 0.15) is 11.4 Å². The molecule has 1 aromatic rings. The Hall–Kier alpha value is -0.940. The van der Waals surface area contributed by atoms with Gasteiger partial charge in [-0.15, -0.1) is 0 Å². The van der Waals surface area contributed by atoms with E-state index in [4.69, 9.17) is 4.63 Å². The van der Waals surface area contributed by atoms with E-state index in [1.165, 1.54) is 25.7 Å². The predicted octanol–water partition coefficient (Wildman–Crippen LogP) is 1.50. The molecule has 1 aliphatic heterocycles. The Bertz CT molecular complexity index is 407. The van der Waals surface area contributed by atoms with Crippen LogP contribution < -0.4 is 0 Å². The molecule has 1 aliphatic carbocycles. The molecule has 3 rings (SSSR count). The lowest BCUT2D eigenvalue weighted by Crippen LogP contribution is -2.38. The van der Waals surface area contributed by atoms with Crippen LogP contribution in [0, 0.1) is 12.8 Å². The van der Waals surface area contributed by atoms with Gasteiger partial charge in [-0.05, 0) is 39.2 Å². The van der Waals surface area contributed by atoms with Crippen LogP contribution in [0.4, 0.5) is 0 Å². The SMILES string of the molecule is Cc1nonc1CN1CCCC1C1CCCC1O. The van der Waals surface area contributed by atoms with Crippen LogP contribution in [-0.2, 0) is 6.54 Å². The molecule has 0 radical (unpaired) electrons. The van der Waals surface area contributed by atoms with Gasteiger partial charge < -0.3 is 5.11 Å². The molecule has 1 saturated carbocycles. The molecule has 1 N–H and O–H groups in total. The summed E-state index contributed by atoms with van der Waals surface area (Å²) in [6.45, 7) is 3.84. The monoisotopic (exact) mass is 251 g/mol. The zero-order chi connectivity index (χ0) is 12.5. The third-order valence-corrected chi connectivity index (χ3v) is 4.54. The van der Waals surface area contributed by atoms with E-state index in [0.717, 1.165) is 30.9 Å². The van der Waals surface area contributed by atoms with E-state index < -0.39 is 0 Å². The number of aryl methyl sites for hydroxylation is 1. The Morgan fingerprint density at radius 3 is 2.83 bits per heavy atom. The highest BCUT2D eigenvalue weighted by Crippen LogP contribution is 2.36. The molecule has 5 heteroatoms. The van der Waals surface area contributed by atoms with Crippen molar-refractivity contribution in [2.45, 2.75) is 57.7 Å². The Morgan fingerprint density at radius 1 is 1.28 bits per heavy atom. The van der Waals surface area contributed by atoms with Crippen molar-refractivity contribution in [1.29, 1.82) is 0 Å². The van der Waals surface area contributed by atoms with Gasteiger partial charge in [-0.25, -0.2) is 4.63 Å². The number of aromatic nitrogens is 2. The minimum atomic E-state index is -0.105. The van der Waals surface area contributed by atoms with Crippen LogP contribution in [0.2, 0.25) is 0 Å². The number of hydrogen-bond donors (Lipinski definition) is 1. The number of aliphatic hydroxyl groups is 1. The molecule has 5 nitrogen and oxygen atoms in total. The van der Waals surface area contributed by atoms with Crippen molar-refractivity contribution in [1.82, 2.24) is 15.2 Å². The Balaban J connectivity index is 1.69. The average Bonchev–Trinajstić information content (AvgIpc) is 3.03. The Morgan fingerprint density at radius 2 is 2.17 bits per heavy atom. The van der Waals surface area contributed by atoms with E-state index in [0.29, 0.717) is 12.0 Å². The first-order valence-electron chi connectivity index (χ1n) is 6.96. The van der Waals surface area contributed by atoms with Crippen LogP contribution in [0.1, 0.15) is 43.5 Å². The summed E-state index contributed by atoms with van der Waals surface area (Å²) < 4.78 is 4.76. The summed E-state index contributed by atoms with van der Waals surface area (Å²) >= 11 is 0. The predicted molar refractivity (Wildman–Crippen MR) is 65.8 cm³/mol. The second kappa shape index (κ2) is 4.97. The molecular formula is C13H21N3O2. The van der Waals surface area contributed by atoms with Gasteiger partial charge in [0.2, 0.25) is 0 Å². The number of aliphatic hydroxyl groups excluding tert-OH is 1. The molecule has 3 atom stereocenters.